The van der Waals surface area contributed by atoms with Gasteiger partial charge in [0, 0.05) is 19.6 Å². The fourth-order valence-electron chi connectivity index (χ4n) is 1.72. The molecule has 2 unspecified atom stereocenters. The number of sulfonamides is 1. The van der Waals surface area contributed by atoms with Gasteiger partial charge in [-0.1, -0.05) is 0 Å². The number of ether oxygens (including phenoxy) is 1. The fraction of sp³-hybridized carbons (Fsp3) is 1.00. The summed E-state index contributed by atoms with van der Waals surface area (Å²) in [6.07, 6.45) is -0.0313. The molecular weight excluding hydrogens is 216 g/mol. The zero-order chi connectivity index (χ0) is 11.5. The van der Waals surface area contributed by atoms with Crippen LogP contribution in [0.5, 0.6) is 0 Å². The Hall–Kier alpha value is -0.170. The minimum Gasteiger partial charge on any atom is -0.373 e. The topological polar surface area (TPSA) is 58.6 Å². The molecular formula is C9H20N2O3S. The van der Waals surface area contributed by atoms with Crippen molar-refractivity contribution in [2.24, 2.45) is 0 Å². The van der Waals surface area contributed by atoms with Crippen molar-refractivity contribution in [3.05, 3.63) is 0 Å². The Kier molecular flexibility index (Phi) is 4.51. The molecule has 0 bridgehead atoms. The summed E-state index contributed by atoms with van der Waals surface area (Å²) in [6.45, 7) is 5.22. The van der Waals surface area contributed by atoms with Crippen molar-refractivity contribution in [2.45, 2.75) is 26.1 Å². The van der Waals surface area contributed by atoms with E-state index in [9.17, 15) is 8.42 Å². The first-order chi connectivity index (χ1) is 6.95. The molecule has 0 aromatic carbocycles. The van der Waals surface area contributed by atoms with E-state index in [0.29, 0.717) is 19.6 Å². The van der Waals surface area contributed by atoms with Crippen LogP contribution in [-0.4, -0.2) is 57.4 Å². The van der Waals surface area contributed by atoms with E-state index in [2.05, 4.69) is 5.32 Å². The summed E-state index contributed by atoms with van der Waals surface area (Å²) in [5, 5.41) is 2.85. The third-order valence-corrected chi connectivity index (χ3v) is 4.19. The lowest BCUT2D eigenvalue weighted by atomic mass is 10.3. The van der Waals surface area contributed by atoms with Crippen LogP contribution in [0.4, 0.5) is 0 Å². The van der Waals surface area contributed by atoms with Crippen LogP contribution in [0.1, 0.15) is 13.8 Å². The van der Waals surface area contributed by atoms with Crippen LogP contribution in [-0.2, 0) is 14.8 Å². The van der Waals surface area contributed by atoms with E-state index < -0.39 is 10.0 Å². The number of rotatable bonds is 4. The highest BCUT2D eigenvalue weighted by Crippen LogP contribution is 2.14. The molecule has 15 heavy (non-hydrogen) atoms. The summed E-state index contributed by atoms with van der Waals surface area (Å²) in [5.74, 6) is 0.156. The van der Waals surface area contributed by atoms with Gasteiger partial charge in [0.25, 0.3) is 0 Å². The largest absolute Gasteiger partial charge is 0.373 e. The second-order valence-corrected chi connectivity index (χ2v) is 6.08. The Bertz CT molecular complexity index is 282. The molecule has 0 amide bonds. The predicted molar refractivity (Wildman–Crippen MR) is 59.3 cm³/mol. The van der Waals surface area contributed by atoms with Gasteiger partial charge in [-0.15, -0.1) is 0 Å². The maximum atomic E-state index is 11.9. The SMILES string of the molecule is CNCCS(=O)(=O)N1CC(C)OC(C)C1. The molecule has 0 aliphatic carbocycles. The van der Waals surface area contributed by atoms with Crippen LogP contribution >= 0.6 is 0 Å². The van der Waals surface area contributed by atoms with Gasteiger partial charge in [0.1, 0.15) is 0 Å². The Morgan fingerprint density at radius 2 is 1.87 bits per heavy atom. The molecule has 1 aliphatic heterocycles. The number of nitrogens with zero attached hydrogens (tertiary/aromatic N) is 1. The highest BCUT2D eigenvalue weighted by molar-refractivity contribution is 7.89. The first-order valence-electron chi connectivity index (χ1n) is 5.23. The molecule has 0 aromatic heterocycles. The lowest BCUT2D eigenvalue weighted by Gasteiger charge is -2.34. The van der Waals surface area contributed by atoms with Crippen molar-refractivity contribution in [3.8, 4) is 0 Å². The molecule has 2 atom stereocenters. The smallest absolute Gasteiger partial charge is 0.215 e. The minimum atomic E-state index is -3.12. The van der Waals surface area contributed by atoms with Gasteiger partial charge < -0.3 is 10.1 Å². The molecule has 1 saturated heterocycles. The molecule has 1 N–H and O–H groups in total. The average Bonchev–Trinajstić information content (AvgIpc) is 2.13. The van der Waals surface area contributed by atoms with Crippen LogP contribution in [0.25, 0.3) is 0 Å². The zero-order valence-corrected chi connectivity index (χ0v) is 10.4. The molecule has 1 heterocycles. The molecule has 90 valence electrons. The zero-order valence-electron chi connectivity index (χ0n) is 9.56. The molecule has 1 rings (SSSR count). The van der Waals surface area contributed by atoms with Crippen molar-refractivity contribution in [2.75, 3.05) is 32.4 Å². The fourth-order valence-corrected chi connectivity index (χ4v) is 3.31. The highest BCUT2D eigenvalue weighted by atomic mass is 32.2. The van der Waals surface area contributed by atoms with Crippen LogP contribution in [0.2, 0.25) is 0 Å². The van der Waals surface area contributed by atoms with Crippen LogP contribution < -0.4 is 5.32 Å². The quantitative estimate of drug-likeness (QED) is 0.724. The lowest BCUT2D eigenvalue weighted by molar-refractivity contribution is -0.0440. The van der Waals surface area contributed by atoms with Gasteiger partial charge >= 0.3 is 0 Å². The summed E-state index contributed by atoms with van der Waals surface area (Å²) >= 11 is 0. The average molecular weight is 236 g/mol. The Morgan fingerprint density at radius 1 is 1.33 bits per heavy atom. The Morgan fingerprint density at radius 3 is 2.33 bits per heavy atom. The summed E-state index contributed by atoms with van der Waals surface area (Å²) in [4.78, 5) is 0. The van der Waals surface area contributed by atoms with Gasteiger partial charge in [0.05, 0.1) is 18.0 Å². The normalized spacial score (nSPS) is 29.3. The van der Waals surface area contributed by atoms with Crippen LogP contribution in [0.3, 0.4) is 0 Å². The highest BCUT2D eigenvalue weighted by Gasteiger charge is 2.30. The van der Waals surface area contributed by atoms with E-state index in [1.54, 1.807) is 7.05 Å². The summed E-state index contributed by atoms with van der Waals surface area (Å²) < 4.78 is 30.8. The van der Waals surface area contributed by atoms with Gasteiger partial charge in [-0.05, 0) is 20.9 Å². The minimum absolute atomic E-state index is 0.0156. The molecule has 0 radical (unpaired) electrons. The van der Waals surface area contributed by atoms with E-state index >= 15 is 0 Å². The lowest BCUT2D eigenvalue weighted by Crippen LogP contribution is -2.49. The van der Waals surface area contributed by atoms with E-state index in [1.165, 1.54) is 4.31 Å². The molecule has 1 fully saturated rings. The van der Waals surface area contributed by atoms with Gasteiger partial charge in [-0.25, -0.2) is 8.42 Å². The number of morpholine rings is 1. The Labute approximate surface area is 91.8 Å². The van der Waals surface area contributed by atoms with Gasteiger partial charge in [0.2, 0.25) is 10.0 Å². The second kappa shape index (κ2) is 5.25. The number of hydrogen-bond acceptors (Lipinski definition) is 4. The standard InChI is InChI=1S/C9H20N2O3S/c1-8-6-11(7-9(2)14-8)15(12,13)5-4-10-3/h8-10H,4-7H2,1-3H3. The van der Waals surface area contributed by atoms with Crippen molar-refractivity contribution >= 4 is 10.0 Å². The maximum absolute atomic E-state index is 11.9. The Balaban J connectivity index is 2.61. The van der Waals surface area contributed by atoms with E-state index in [-0.39, 0.29) is 18.0 Å². The molecule has 1 aliphatic rings. The maximum Gasteiger partial charge on any atom is 0.215 e. The first kappa shape index (κ1) is 12.9. The predicted octanol–water partition coefficient (Wildman–Crippen LogP) is -0.355. The van der Waals surface area contributed by atoms with Crippen molar-refractivity contribution in [1.82, 2.24) is 9.62 Å². The summed E-state index contributed by atoms with van der Waals surface area (Å²) in [6, 6.07) is 0. The van der Waals surface area contributed by atoms with Crippen molar-refractivity contribution in [1.29, 1.82) is 0 Å². The van der Waals surface area contributed by atoms with Gasteiger partial charge in [-0.3, -0.25) is 0 Å². The first-order valence-corrected chi connectivity index (χ1v) is 6.84. The number of hydrogen-bond donors (Lipinski definition) is 1. The van der Waals surface area contributed by atoms with Crippen molar-refractivity contribution < 1.29 is 13.2 Å². The molecule has 0 aromatic rings. The van der Waals surface area contributed by atoms with Gasteiger partial charge in [0.15, 0.2) is 0 Å². The van der Waals surface area contributed by atoms with Crippen LogP contribution in [0.15, 0.2) is 0 Å². The number of nitrogens with one attached hydrogen (secondary N) is 1. The molecule has 5 nitrogen and oxygen atoms in total. The summed E-state index contributed by atoms with van der Waals surface area (Å²) in [7, 11) is -1.37. The van der Waals surface area contributed by atoms with E-state index in [0.717, 1.165) is 0 Å². The third kappa shape index (κ3) is 3.71. The third-order valence-electron chi connectivity index (χ3n) is 2.39. The molecule has 0 spiro atoms. The van der Waals surface area contributed by atoms with Crippen LogP contribution in [0, 0.1) is 0 Å². The summed E-state index contributed by atoms with van der Waals surface area (Å²) in [5.41, 5.74) is 0. The van der Waals surface area contributed by atoms with Gasteiger partial charge in [-0.2, -0.15) is 4.31 Å². The molecule has 0 saturated carbocycles. The van der Waals surface area contributed by atoms with E-state index in [1.807, 2.05) is 13.8 Å². The van der Waals surface area contributed by atoms with Crippen molar-refractivity contribution in [3.63, 3.8) is 0 Å². The second-order valence-electron chi connectivity index (χ2n) is 3.99. The van der Waals surface area contributed by atoms with E-state index in [4.69, 9.17) is 4.74 Å². The molecule has 6 heteroatoms. The monoisotopic (exact) mass is 236 g/mol.